The summed E-state index contributed by atoms with van der Waals surface area (Å²) in [5.41, 5.74) is 1.51. The van der Waals surface area contributed by atoms with Gasteiger partial charge in [0.05, 0.1) is 13.2 Å². The number of rotatable bonds is 2. The Bertz CT molecular complexity index is 814. The van der Waals surface area contributed by atoms with Gasteiger partial charge < -0.3 is 14.8 Å². The number of methoxy groups -OCH3 is 1. The van der Waals surface area contributed by atoms with Gasteiger partial charge in [-0.3, -0.25) is 4.90 Å². The van der Waals surface area contributed by atoms with Crippen LogP contribution in [0.5, 0.6) is 11.5 Å². The number of para-hydroxylation sites is 1. The smallest absolute Gasteiger partial charge is 0.188 e. The third kappa shape index (κ3) is 2.36. The molecule has 0 spiro atoms. The first kappa shape index (κ1) is 15.7. The molecule has 124 valence electrons. The second kappa shape index (κ2) is 5.63. The van der Waals surface area contributed by atoms with Crippen LogP contribution in [0.3, 0.4) is 0 Å². The molecular weight excluding hydrogens is 388 g/mol. The highest BCUT2D eigenvalue weighted by atomic mass is 79.9. The first-order chi connectivity index (χ1) is 11.5. The van der Waals surface area contributed by atoms with Gasteiger partial charge in [-0.15, -0.1) is 0 Å². The topological polar surface area (TPSA) is 33.7 Å². The highest BCUT2D eigenvalue weighted by Gasteiger charge is 2.49. The zero-order valence-corrected chi connectivity index (χ0v) is 15.8. The molecule has 1 fully saturated rings. The van der Waals surface area contributed by atoms with Gasteiger partial charge in [0, 0.05) is 22.1 Å². The van der Waals surface area contributed by atoms with Crippen LogP contribution in [0.15, 0.2) is 46.9 Å². The summed E-state index contributed by atoms with van der Waals surface area (Å²) < 4.78 is 13.0. The van der Waals surface area contributed by atoms with Gasteiger partial charge in [-0.25, -0.2) is 0 Å². The zero-order chi connectivity index (χ0) is 16.9. The monoisotopic (exact) mass is 404 g/mol. The Morgan fingerprint density at radius 3 is 2.79 bits per heavy atom. The standard InChI is InChI=1S/C18H17BrN2O2S/c1-18-10-14(13-8-11(19)9-15(22-2)16(13)23-18)20-17(24)21(18)12-6-4-3-5-7-12/h3-9,14H,10H2,1-2H3,(H,20,24)/t14-,18+/m1/s1. The third-order valence-corrected chi connectivity index (χ3v) is 5.29. The minimum atomic E-state index is -0.567. The zero-order valence-electron chi connectivity index (χ0n) is 13.4. The SMILES string of the molecule is COc1cc(Br)cc2c1O[C@@]1(C)C[C@H]2NC(=S)N1c1ccccc1. The van der Waals surface area contributed by atoms with Crippen LogP contribution in [0.25, 0.3) is 0 Å². The molecule has 2 aliphatic heterocycles. The normalized spacial score (nSPS) is 24.7. The maximum atomic E-state index is 6.46. The van der Waals surface area contributed by atoms with Crippen molar-refractivity contribution in [2.24, 2.45) is 0 Å². The Morgan fingerprint density at radius 2 is 2.08 bits per heavy atom. The Hall–Kier alpha value is -1.79. The molecule has 0 aliphatic carbocycles. The van der Waals surface area contributed by atoms with Gasteiger partial charge in [-0.05, 0) is 43.4 Å². The van der Waals surface area contributed by atoms with Gasteiger partial charge in [-0.2, -0.15) is 0 Å². The second-order valence-corrected chi connectivity index (χ2v) is 7.48. The minimum absolute atomic E-state index is 0.0950. The highest BCUT2D eigenvalue weighted by Crippen LogP contribution is 2.50. The van der Waals surface area contributed by atoms with Crippen molar-refractivity contribution in [3.8, 4) is 11.5 Å². The number of ether oxygens (including phenoxy) is 2. The lowest BCUT2D eigenvalue weighted by Gasteiger charge is -2.52. The number of halogens is 1. The number of anilines is 1. The third-order valence-electron chi connectivity index (χ3n) is 4.54. The fourth-order valence-electron chi connectivity index (χ4n) is 3.52. The molecule has 2 aromatic rings. The van der Waals surface area contributed by atoms with Crippen molar-refractivity contribution >= 4 is 38.9 Å². The van der Waals surface area contributed by atoms with Crippen molar-refractivity contribution in [3.63, 3.8) is 0 Å². The summed E-state index contributed by atoms with van der Waals surface area (Å²) in [6, 6.07) is 14.2. The van der Waals surface area contributed by atoms with Gasteiger partial charge in [0.15, 0.2) is 22.3 Å². The molecule has 4 nitrogen and oxygen atoms in total. The number of hydrogen-bond acceptors (Lipinski definition) is 3. The molecule has 6 heteroatoms. The van der Waals surface area contributed by atoms with Crippen LogP contribution in [0.4, 0.5) is 5.69 Å². The van der Waals surface area contributed by atoms with E-state index in [9.17, 15) is 0 Å². The summed E-state index contributed by atoms with van der Waals surface area (Å²) in [7, 11) is 1.66. The average molecular weight is 405 g/mol. The van der Waals surface area contributed by atoms with Crippen molar-refractivity contribution in [2.75, 3.05) is 12.0 Å². The van der Waals surface area contributed by atoms with Crippen LogP contribution in [0.2, 0.25) is 0 Å². The van der Waals surface area contributed by atoms with Crippen LogP contribution in [0.1, 0.15) is 24.9 Å². The van der Waals surface area contributed by atoms with Crippen molar-refractivity contribution in [2.45, 2.75) is 25.1 Å². The largest absolute Gasteiger partial charge is 0.493 e. The average Bonchev–Trinajstić information content (AvgIpc) is 2.55. The van der Waals surface area contributed by atoms with E-state index in [1.165, 1.54) is 0 Å². The Balaban J connectivity index is 1.84. The lowest BCUT2D eigenvalue weighted by molar-refractivity contribution is 0.0464. The second-order valence-electron chi connectivity index (χ2n) is 6.18. The van der Waals surface area contributed by atoms with E-state index in [2.05, 4.69) is 34.2 Å². The molecule has 1 N–H and O–H groups in total. The van der Waals surface area contributed by atoms with Gasteiger partial charge in [0.25, 0.3) is 0 Å². The Kier molecular flexibility index (Phi) is 3.69. The fourth-order valence-corrected chi connectivity index (χ4v) is 4.42. The summed E-state index contributed by atoms with van der Waals surface area (Å²) in [6.45, 7) is 2.07. The molecule has 2 heterocycles. The van der Waals surface area contributed by atoms with E-state index in [1.807, 2.05) is 41.3 Å². The van der Waals surface area contributed by atoms with Crippen molar-refractivity contribution in [3.05, 3.63) is 52.5 Å². The number of nitrogens with one attached hydrogen (secondary N) is 1. The van der Waals surface area contributed by atoms with Crippen LogP contribution >= 0.6 is 28.1 Å². The van der Waals surface area contributed by atoms with Gasteiger partial charge in [0.1, 0.15) is 0 Å². The van der Waals surface area contributed by atoms with E-state index in [1.54, 1.807) is 7.11 Å². The molecule has 2 atom stereocenters. The summed E-state index contributed by atoms with van der Waals surface area (Å²) in [4.78, 5) is 2.04. The predicted octanol–water partition coefficient (Wildman–Crippen LogP) is 4.39. The Labute approximate surface area is 154 Å². The first-order valence-corrected chi connectivity index (χ1v) is 8.94. The Morgan fingerprint density at radius 1 is 1.33 bits per heavy atom. The van der Waals surface area contributed by atoms with Gasteiger partial charge >= 0.3 is 0 Å². The first-order valence-electron chi connectivity index (χ1n) is 7.74. The highest BCUT2D eigenvalue weighted by molar-refractivity contribution is 9.10. The fraction of sp³-hybridized carbons (Fsp3) is 0.278. The van der Waals surface area contributed by atoms with Crippen molar-refractivity contribution in [1.29, 1.82) is 0 Å². The molecule has 0 aromatic heterocycles. The summed E-state index contributed by atoms with van der Waals surface area (Å²) in [5, 5.41) is 4.13. The summed E-state index contributed by atoms with van der Waals surface area (Å²) >= 11 is 9.19. The number of thiocarbonyl (C=S) groups is 1. The number of benzene rings is 2. The van der Waals surface area contributed by atoms with E-state index in [-0.39, 0.29) is 6.04 Å². The molecule has 0 amide bonds. The molecule has 24 heavy (non-hydrogen) atoms. The van der Waals surface area contributed by atoms with E-state index >= 15 is 0 Å². The lowest BCUT2D eigenvalue weighted by atomic mass is 9.90. The van der Waals surface area contributed by atoms with Crippen LogP contribution in [-0.4, -0.2) is 17.9 Å². The van der Waals surface area contributed by atoms with Gasteiger partial charge in [0.2, 0.25) is 0 Å². The maximum Gasteiger partial charge on any atom is 0.188 e. The number of hydrogen-bond donors (Lipinski definition) is 1. The molecule has 0 saturated carbocycles. The van der Waals surface area contributed by atoms with E-state index in [0.717, 1.165) is 33.6 Å². The number of fused-ring (bicyclic) bond motifs is 4. The van der Waals surface area contributed by atoms with Crippen LogP contribution in [-0.2, 0) is 0 Å². The van der Waals surface area contributed by atoms with Crippen LogP contribution in [0, 0.1) is 0 Å². The maximum absolute atomic E-state index is 6.46. The minimum Gasteiger partial charge on any atom is -0.493 e. The summed E-state index contributed by atoms with van der Waals surface area (Å²) in [6.07, 6.45) is 0.786. The van der Waals surface area contributed by atoms with Crippen molar-refractivity contribution < 1.29 is 9.47 Å². The molecular formula is C18H17BrN2O2S. The molecule has 2 aromatic carbocycles. The molecule has 2 bridgehead atoms. The quantitative estimate of drug-likeness (QED) is 0.750. The lowest BCUT2D eigenvalue weighted by Crippen LogP contribution is -2.65. The van der Waals surface area contributed by atoms with Crippen molar-refractivity contribution in [1.82, 2.24) is 5.32 Å². The van der Waals surface area contributed by atoms with Gasteiger partial charge in [-0.1, -0.05) is 34.1 Å². The molecule has 4 rings (SSSR count). The molecule has 0 unspecified atom stereocenters. The van der Waals surface area contributed by atoms with E-state index < -0.39 is 5.72 Å². The predicted molar refractivity (Wildman–Crippen MR) is 102 cm³/mol. The van der Waals surface area contributed by atoms with Crippen LogP contribution < -0.4 is 19.7 Å². The van der Waals surface area contributed by atoms with E-state index in [4.69, 9.17) is 21.7 Å². The molecule has 0 radical (unpaired) electrons. The molecule has 1 saturated heterocycles. The summed E-state index contributed by atoms with van der Waals surface area (Å²) in [5.74, 6) is 1.49. The van der Waals surface area contributed by atoms with E-state index in [0.29, 0.717) is 5.11 Å². The number of nitrogens with zero attached hydrogens (tertiary/aromatic N) is 1. The molecule has 2 aliphatic rings.